The second-order valence-electron chi connectivity index (χ2n) is 5.27. The molecule has 0 aromatic carbocycles. The van der Waals surface area contributed by atoms with Gasteiger partial charge in [0.2, 0.25) is 0 Å². The minimum atomic E-state index is -0.786. The summed E-state index contributed by atoms with van der Waals surface area (Å²) in [7, 11) is 0. The molecule has 0 aromatic heterocycles. The average molecular weight is 220 g/mol. The van der Waals surface area contributed by atoms with Crippen LogP contribution in [0.3, 0.4) is 0 Å². The summed E-state index contributed by atoms with van der Waals surface area (Å²) in [4.78, 5) is 11.0. The second-order valence-corrected chi connectivity index (χ2v) is 5.27. The van der Waals surface area contributed by atoms with Crippen LogP contribution in [0.25, 0.3) is 0 Å². The highest BCUT2D eigenvalue weighted by molar-refractivity contribution is 5.73. The minimum Gasteiger partial charge on any atom is -0.481 e. The van der Waals surface area contributed by atoms with Gasteiger partial charge in [-0.3, -0.25) is 4.79 Å². The first-order valence-corrected chi connectivity index (χ1v) is 5.90. The lowest BCUT2D eigenvalue weighted by molar-refractivity contribution is -0.140. The van der Waals surface area contributed by atoms with Gasteiger partial charge in [0, 0.05) is 5.92 Å². The SMILES string of the molecule is CC(C(=O)O)C1=CC(O)C2C3C=CC(C3)C12. The number of aliphatic carboxylic acids is 1. The number of aliphatic hydroxyl groups excluding tert-OH is 1. The summed E-state index contributed by atoms with van der Waals surface area (Å²) in [6, 6.07) is 0. The van der Waals surface area contributed by atoms with Gasteiger partial charge in [-0.25, -0.2) is 0 Å². The number of carboxylic acid groups (broad SMARTS) is 1. The van der Waals surface area contributed by atoms with E-state index >= 15 is 0 Å². The molecule has 86 valence electrons. The van der Waals surface area contributed by atoms with Crippen molar-refractivity contribution in [1.82, 2.24) is 0 Å². The molecule has 0 aromatic rings. The third-order valence-corrected chi connectivity index (χ3v) is 4.53. The van der Waals surface area contributed by atoms with Crippen molar-refractivity contribution in [3.05, 3.63) is 23.8 Å². The minimum absolute atomic E-state index is 0.242. The van der Waals surface area contributed by atoms with Crippen LogP contribution in [-0.2, 0) is 4.79 Å². The Balaban J connectivity index is 1.94. The average Bonchev–Trinajstić information content (AvgIpc) is 2.89. The van der Waals surface area contributed by atoms with E-state index in [2.05, 4.69) is 12.2 Å². The molecule has 0 heterocycles. The Hall–Kier alpha value is -1.09. The largest absolute Gasteiger partial charge is 0.481 e. The first-order chi connectivity index (χ1) is 7.59. The molecule has 6 unspecified atom stereocenters. The van der Waals surface area contributed by atoms with Crippen LogP contribution >= 0.6 is 0 Å². The molecule has 2 N–H and O–H groups in total. The molecule has 0 radical (unpaired) electrons. The van der Waals surface area contributed by atoms with E-state index in [4.69, 9.17) is 5.11 Å². The molecule has 0 aliphatic heterocycles. The van der Waals surface area contributed by atoms with Gasteiger partial charge in [-0.2, -0.15) is 0 Å². The van der Waals surface area contributed by atoms with Gasteiger partial charge in [-0.1, -0.05) is 23.8 Å². The molecule has 0 spiro atoms. The maximum Gasteiger partial charge on any atom is 0.310 e. The van der Waals surface area contributed by atoms with Gasteiger partial charge in [0.05, 0.1) is 12.0 Å². The van der Waals surface area contributed by atoms with Crippen LogP contribution in [0, 0.1) is 29.6 Å². The quantitative estimate of drug-likeness (QED) is 0.692. The van der Waals surface area contributed by atoms with Crippen molar-refractivity contribution in [2.75, 3.05) is 0 Å². The standard InChI is InChI=1S/C13H16O3/c1-6(13(15)16)9-5-10(14)12-8-3-2-7(4-8)11(9)12/h2-3,5-8,10-12,14H,4H2,1H3,(H,15,16). The number of hydrogen-bond donors (Lipinski definition) is 2. The lowest BCUT2D eigenvalue weighted by Crippen LogP contribution is -2.27. The first kappa shape index (κ1) is 10.1. The summed E-state index contributed by atoms with van der Waals surface area (Å²) >= 11 is 0. The van der Waals surface area contributed by atoms with Crippen molar-refractivity contribution in [3.63, 3.8) is 0 Å². The molecule has 3 nitrogen and oxygen atoms in total. The number of allylic oxidation sites excluding steroid dienone is 2. The van der Waals surface area contributed by atoms with Crippen LogP contribution in [-0.4, -0.2) is 22.3 Å². The lowest BCUT2D eigenvalue weighted by atomic mass is 9.78. The maximum atomic E-state index is 11.0. The van der Waals surface area contributed by atoms with E-state index in [0.29, 0.717) is 11.8 Å². The first-order valence-electron chi connectivity index (χ1n) is 5.90. The van der Waals surface area contributed by atoms with Gasteiger partial charge in [0.1, 0.15) is 0 Å². The van der Waals surface area contributed by atoms with Crippen molar-refractivity contribution in [3.8, 4) is 0 Å². The van der Waals surface area contributed by atoms with Crippen LogP contribution in [0.5, 0.6) is 0 Å². The predicted octanol–water partition coefficient (Wildman–Crippen LogP) is 1.45. The van der Waals surface area contributed by atoms with E-state index in [1.165, 1.54) is 0 Å². The van der Waals surface area contributed by atoms with Crippen molar-refractivity contribution in [2.24, 2.45) is 29.6 Å². The molecule has 0 saturated heterocycles. The Morgan fingerprint density at radius 3 is 2.81 bits per heavy atom. The monoisotopic (exact) mass is 220 g/mol. The Kier molecular flexibility index (Phi) is 2.02. The molecule has 2 bridgehead atoms. The maximum absolute atomic E-state index is 11.0. The number of rotatable bonds is 2. The third kappa shape index (κ3) is 1.15. The second kappa shape index (κ2) is 3.20. The Labute approximate surface area is 94.5 Å². The molecular formula is C13H16O3. The van der Waals surface area contributed by atoms with Crippen LogP contribution in [0.1, 0.15) is 13.3 Å². The molecule has 1 saturated carbocycles. The van der Waals surface area contributed by atoms with Crippen molar-refractivity contribution >= 4 is 5.97 Å². The van der Waals surface area contributed by atoms with E-state index in [1.807, 2.05) is 0 Å². The smallest absolute Gasteiger partial charge is 0.310 e. The molecule has 6 atom stereocenters. The Bertz CT molecular complexity index is 396. The zero-order valence-corrected chi connectivity index (χ0v) is 9.21. The van der Waals surface area contributed by atoms with Crippen molar-refractivity contribution in [2.45, 2.75) is 19.4 Å². The van der Waals surface area contributed by atoms with E-state index < -0.39 is 18.0 Å². The third-order valence-electron chi connectivity index (χ3n) is 4.53. The number of fused-ring (bicyclic) bond motifs is 5. The Morgan fingerprint density at radius 1 is 1.44 bits per heavy atom. The molecule has 1 fully saturated rings. The van der Waals surface area contributed by atoms with Gasteiger partial charge in [0.15, 0.2) is 0 Å². The van der Waals surface area contributed by atoms with E-state index in [0.717, 1.165) is 12.0 Å². The van der Waals surface area contributed by atoms with Gasteiger partial charge >= 0.3 is 5.97 Å². The fourth-order valence-electron chi connectivity index (χ4n) is 3.79. The van der Waals surface area contributed by atoms with Gasteiger partial charge in [0.25, 0.3) is 0 Å². The molecular weight excluding hydrogens is 204 g/mol. The zero-order chi connectivity index (χ0) is 11.4. The molecule has 3 heteroatoms. The van der Waals surface area contributed by atoms with Crippen molar-refractivity contribution in [1.29, 1.82) is 0 Å². The molecule has 3 aliphatic rings. The Morgan fingerprint density at radius 2 is 2.12 bits per heavy atom. The molecule has 16 heavy (non-hydrogen) atoms. The predicted molar refractivity (Wildman–Crippen MR) is 58.6 cm³/mol. The highest BCUT2D eigenvalue weighted by Crippen LogP contribution is 2.56. The highest BCUT2D eigenvalue weighted by atomic mass is 16.4. The van der Waals surface area contributed by atoms with Crippen LogP contribution in [0.15, 0.2) is 23.8 Å². The molecule has 3 rings (SSSR count). The van der Waals surface area contributed by atoms with E-state index in [1.54, 1.807) is 13.0 Å². The number of carbonyl (C=O) groups is 1. The summed E-state index contributed by atoms with van der Waals surface area (Å²) in [6.45, 7) is 1.72. The van der Waals surface area contributed by atoms with Crippen LogP contribution in [0.4, 0.5) is 0 Å². The van der Waals surface area contributed by atoms with E-state index in [-0.39, 0.29) is 11.8 Å². The summed E-state index contributed by atoms with van der Waals surface area (Å²) in [5, 5.41) is 19.1. The fraction of sp³-hybridized carbons (Fsp3) is 0.615. The van der Waals surface area contributed by atoms with E-state index in [9.17, 15) is 9.90 Å². The number of aliphatic hydroxyl groups is 1. The lowest BCUT2D eigenvalue weighted by Gasteiger charge is -2.26. The van der Waals surface area contributed by atoms with Gasteiger partial charge in [-0.15, -0.1) is 0 Å². The molecule has 0 amide bonds. The summed E-state index contributed by atoms with van der Waals surface area (Å²) in [6.07, 6.45) is 6.83. The summed E-state index contributed by atoms with van der Waals surface area (Å²) in [5.41, 5.74) is 0.946. The van der Waals surface area contributed by atoms with Crippen LogP contribution < -0.4 is 0 Å². The normalized spacial score (nSPS) is 45.6. The van der Waals surface area contributed by atoms with Crippen molar-refractivity contribution < 1.29 is 15.0 Å². The highest BCUT2D eigenvalue weighted by Gasteiger charge is 2.53. The zero-order valence-electron chi connectivity index (χ0n) is 9.21. The number of hydrogen-bond acceptors (Lipinski definition) is 2. The summed E-state index contributed by atoms with van der Waals surface area (Å²) in [5.74, 6) is 0.186. The number of carboxylic acids is 1. The topological polar surface area (TPSA) is 57.5 Å². The van der Waals surface area contributed by atoms with Gasteiger partial charge < -0.3 is 10.2 Å². The van der Waals surface area contributed by atoms with Gasteiger partial charge in [-0.05, 0) is 31.1 Å². The summed E-state index contributed by atoms with van der Waals surface area (Å²) < 4.78 is 0. The fourth-order valence-corrected chi connectivity index (χ4v) is 3.79. The molecule has 3 aliphatic carbocycles. The van der Waals surface area contributed by atoms with Crippen LogP contribution in [0.2, 0.25) is 0 Å².